The van der Waals surface area contributed by atoms with Crippen molar-refractivity contribution in [3.8, 4) is 0 Å². The number of rotatable bonds is 7. The predicted octanol–water partition coefficient (Wildman–Crippen LogP) is 27.6. The third-order valence-electron chi connectivity index (χ3n) is 19.3. The van der Waals surface area contributed by atoms with Gasteiger partial charge in [0.05, 0.1) is 0 Å². The summed E-state index contributed by atoms with van der Waals surface area (Å²) in [5, 5.41) is 0. The molecule has 0 aromatic heterocycles. The number of aryl methyl sites for hydroxylation is 3. The summed E-state index contributed by atoms with van der Waals surface area (Å²) in [5.41, 5.74) is 14.2. The normalized spacial score (nSPS) is 16.1. The number of benzene rings is 5. The fraction of sp³-hybridized carbons (Fsp3) is 0.694. The molecule has 104 heavy (non-hydrogen) atoms. The lowest BCUT2D eigenvalue weighted by molar-refractivity contribution is 0.110. The number of nitrogens with zero attached hydrogens (tertiary/aromatic N) is 5. The molecule has 596 valence electrons. The van der Waals surface area contributed by atoms with E-state index in [0.29, 0.717) is 38.4 Å². The molecule has 4 saturated heterocycles. The predicted molar refractivity (Wildman–Crippen MR) is 467 cm³/mol. The maximum atomic E-state index is 12.7. The molecule has 4 aliphatic rings. The van der Waals surface area contributed by atoms with E-state index in [1.807, 2.05) is 6.07 Å². The van der Waals surface area contributed by atoms with Crippen LogP contribution in [0.4, 0.5) is 4.39 Å². The summed E-state index contributed by atoms with van der Waals surface area (Å²) < 4.78 is 12.7. The minimum atomic E-state index is -0.142. The van der Waals surface area contributed by atoms with Gasteiger partial charge in [0.25, 0.3) is 0 Å². The van der Waals surface area contributed by atoms with Gasteiger partial charge in [0.1, 0.15) is 5.82 Å². The van der Waals surface area contributed by atoms with Crippen molar-refractivity contribution < 1.29 is 4.39 Å². The molecule has 0 aliphatic carbocycles. The van der Waals surface area contributed by atoms with Gasteiger partial charge in [0, 0.05) is 34.2 Å². The Kier molecular flexibility index (Phi) is 46.4. The molecule has 6 heteroatoms. The molecule has 4 fully saturated rings. The van der Waals surface area contributed by atoms with E-state index in [-0.39, 0.29) is 24.2 Å². The van der Waals surface area contributed by atoms with E-state index in [1.54, 1.807) is 12.1 Å². The number of hydrogen-bond acceptors (Lipinski definition) is 5. The van der Waals surface area contributed by atoms with Crippen LogP contribution in [0.5, 0.6) is 0 Å². The Hall–Kier alpha value is -4.17. The molecule has 4 heterocycles. The Morgan fingerprint density at radius 1 is 0.308 bits per heavy atom. The molecule has 5 aromatic carbocycles. The number of piperidine rings is 3. The van der Waals surface area contributed by atoms with Gasteiger partial charge in [-0.1, -0.05) is 256 Å². The molecule has 0 unspecified atom stereocenters. The van der Waals surface area contributed by atoms with Crippen LogP contribution in [0.3, 0.4) is 0 Å². The van der Waals surface area contributed by atoms with Gasteiger partial charge in [-0.25, -0.2) is 4.39 Å². The first kappa shape index (κ1) is 99.8. The van der Waals surface area contributed by atoms with Crippen molar-refractivity contribution in [3.05, 3.63) is 178 Å². The van der Waals surface area contributed by atoms with Crippen LogP contribution >= 0.6 is 0 Å². The molecule has 4 aliphatic heterocycles. The highest BCUT2D eigenvalue weighted by molar-refractivity contribution is 5.27. The first-order valence-corrected chi connectivity index (χ1v) is 41.1. The van der Waals surface area contributed by atoms with Crippen LogP contribution in [-0.2, 0) is 32.2 Å². The highest BCUT2D eigenvalue weighted by Gasteiger charge is 2.26. The van der Waals surface area contributed by atoms with Gasteiger partial charge in [-0.05, 0) is 328 Å². The molecule has 0 spiro atoms. The van der Waals surface area contributed by atoms with Crippen molar-refractivity contribution in [1.29, 1.82) is 0 Å². The van der Waals surface area contributed by atoms with Gasteiger partial charge in [0.15, 0.2) is 0 Å². The van der Waals surface area contributed by atoms with E-state index in [1.165, 1.54) is 187 Å². The molecule has 5 nitrogen and oxygen atoms in total. The van der Waals surface area contributed by atoms with E-state index in [0.717, 1.165) is 37.9 Å². The maximum Gasteiger partial charge on any atom is 0.123 e. The third-order valence-corrected chi connectivity index (χ3v) is 19.3. The standard InChI is InChI=1S/C13H21N.3C12H18.C11H15F.C10H21N.3C9H19N.CH4/c1-5-14(13(2,3)4)11-12-9-7-6-8-10-12;1-10-5-7-11(8-6-10)9-12(2,3)4;1-10-6-5-7-11(8-10)9-12(2,3)4;1-10-7-5-6-8-11(10)9-12(2,3)4;1-11(2,3)8-9-5-4-6-10(12)7-9;1-10(2,3)11-8-6-4-5-7-9-11;3*1-9(2,3)10-7-5-4-6-8-10;/h6-10H,5,11H2,1-4H3;3*5-8H,9H2,1-4H3;4-7H,8H2,1-3H3;4-9H2,1-3H3;3*4-8H2,1-3H3;1H4. The zero-order valence-electron chi connectivity index (χ0n) is 73.8. The van der Waals surface area contributed by atoms with Crippen LogP contribution in [0, 0.1) is 48.2 Å². The highest BCUT2D eigenvalue weighted by atomic mass is 19.1. The van der Waals surface area contributed by atoms with Crippen LogP contribution in [-0.4, -0.2) is 111 Å². The monoisotopic (exact) mass is 1440 g/mol. The van der Waals surface area contributed by atoms with E-state index in [2.05, 4.69) is 342 Å². The van der Waals surface area contributed by atoms with Crippen LogP contribution in [0.2, 0.25) is 0 Å². The van der Waals surface area contributed by atoms with E-state index < -0.39 is 0 Å². The second-order valence-corrected chi connectivity index (χ2v) is 40.4. The summed E-state index contributed by atoms with van der Waals surface area (Å²) in [6.07, 6.45) is 22.8. The Morgan fingerprint density at radius 3 is 0.923 bits per heavy atom. The van der Waals surface area contributed by atoms with Crippen molar-refractivity contribution in [3.63, 3.8) is 0 Å². The SMILES string of the molecule is C.CC(C)(C)Cc1cccc(F)c1.CC(C)(C)N1CCCCC1.CC(C)(C)N1CCCCC1.CC(C)(C)N1CCCCC1.CC(C)(C)N1CCCCCC1.CCN(Cc1ccccc1)C(C)(C)C.Cc1ccc(CC(C)(C)C)cc1.Cc1cccc(CC(C)(C)C)c1.Cc1ccccc1CC(C)(C)C. The molecule has 0 N–H and O–H groups in total. The minimum Gasteiger partial charge on any atom is -0.298 e. The molecule has 9 rings (SSSR count). The van der Waals surface area contributed by atoms with Crippen molar-refractivity contribution in [2.24, 2.45) is 21.7 Å². The van der Waals surface area contributed by atoms with Gasteiger partial charge in [-0.3, -0.25) is 24.5 Å². The largest absolute Gasteiger partial charge is 0.298 e. The average Bonchev–Trinajstić information content (AvgIpc) is 0.946. The zero-order chi connectivity index (χ0) is 78.5. The summed E-state index contributed by atoms with van der Waals surface area (Å²) in [5.74, 6) is -0.142. The first-order valence-electron chi connectivity index (χ1n) is 41.1. The van der Waals surface area contributed by atoms with Crippen molar-refractivity contribution in [1.82, 2.24) is 24.5 Å². The van der Waals surface area contributed by atoms with E-state index >= 15 is 0 Å². The molecule has 0 amide bonds. The Balaban J connectivity index is 0.00000115. The quantitative estimate of drug-likeness (QED) is 0.161. The lowest BCUT2D eigenvalue weighted by atomic mass is 9.86. The lowest BCUT2D eigenvalue weighted by Crippen LogP contribution is -2.44. The fourth-order valence-corrected chi connectivity index (χ4v) is 13.5. The van der Waals surface area contributed by atoms with Crippen LogP contribution in [0.25, 0.3) is 0 Å². The summed E-state index contributed by atoms with van der Waals surface area (Å²) in [7, 11) is 0. The second kappa shape index (κ2) is 48.4. The molecule has 0 radical (unpaired) electrons. The highest BCUT2D eigenvalue weighted by Crippen LogP contribution is 2.27. The smallest absolute Gasteiger partial charge is 0.123 e. The summed E-state index contributed by atoms with van der Waals surface area (Å²) in [6.45, 7) is 82.7. The van der Waals surface area contributed by atoms with Crippen LogP contribution in [0.1, 0.15) is 329 Å². The van der Waals surface area contributed by atoms with Crippen molar-refractivity contribution >= 4 is 0 Å². The third kappa shape index (κ3) is 51.2. The topological polar surface area (TPSA) is 16.2 Å². The average molecular weight is 1440 g/mol. The van der Waals surface area contributed by atoms with Gasteiger partial charge in [-0.15, -0.1) is 0 Å². The molecular weight excluding hydrogens is 1270 g/mol. The van der Waals surface area contributed by atoms with Gasteiger partial charge in [0.2, 0.25) is 0 Å². The van der Waals surface area contributed by atoms with Crippen LogP contribution in [0.15, 0.2) is 127 Å². The van der Waals surface area contributed by atoms with Crippen molar-refractivity contribution in [2.75, 3.05) is 58.9 Å². The van der Waals surface area contributed by atoms with Gasteiger partial charge < -0.3 is 0 Å². The molecule has 0 atom stereocenters. The van der Waals surface area contributed by atoms with Crippen molar-refractivity contribution in [2.45, 2.75) is 365 Å². The van der Waals surface area contributed by atoms with Gasteiger partial charge in [-0.2, -0.15) is 0 Å². The zero-order valence-corrected chi connectivity index (χ0v) is 73.8. The van der Waals surface area contributed by atoms with Crippen LogP contribution < -0.4 is 0 Å². The summed E-state index contributed by atoms with van der Waals surface area (Å²) in [4.78, 5) is 12.8. The number of hydrogen-bond donors (Lipinski definition) is 0. The summed E-state index contributed by atoms with van der Waals surface area (Å²) in [6, 6.07) is 43.6. The minimum absolute atomic E-state index is 0. The molecule has 5 aromatic rings. The first-order chi connectivity index (χ1) is 47.4. The Bertz CT molecular complexity index is 2780. The Labute approximate surface area is 648 Å². The maximum absolute atomic E-state index is 12.7. The molecule has 0 bridgehead atoms. The summed E-state index contributed by atoms with van der Waals surface area (Å²) >= 11 is 0. The Morgan fingerprint density at radius 2 is 0.615 bits per heavy atom. The van der Waals surface area contributed by atoms with Gasteiger partial charge >= 0.3 is 0 Å². The molecule has 0 saturated carbocycles. The fourth-order valence-electron chi connectivity index (χ4n) is 13.5. The van der Waals surface area contributed by atoms with E-state index in [4.69, 9.17) is 0 Å². The lowest BCUT2D eigenvalue weighted by Gasteiger charge is -2.38. The number of likely N-dealkylation sites (tertiary alicyclic amines) is 4. The number of halogens is 1. The molecular formula is C98H172FN5. The van der Waals surface area contributed by atoms with E-state index in [9.17, 15) is 4.39 Å². The second-order valence-electron chi connectivity index (χ2n) is 40.4.